The van der Waals surface area contributed by atoms with Gasteiger partial charge in [-0.15, -0.1) is 0 Å². The highest BCUT2D eigenvalue weighted by atomic mass is 16.4. The molecule has 0 amide bonds. The molecule has 6 heteroatoms. The maximum Gasteiger partial charge on any atom is 0.216 e. The normalized spacial score (nSPS) is 11.8. The summed E-state index contributed by atoms with van der Waals surface area (Å²) in [6, 6.07) is 1.80. The van der Waals surface area contributed by atoms with E-state index in [0.29, 0.717) is 11.7 Å². The first-order chi connectivity index (χ1) is 8.20. The molecule has 6 nitrogen and oxygen atoms in total. The number of nitriles is 1. The van der Waals surface area contributed by atoms with Gasteiger partial charge in [0.15, 0.2) is 11.5 Å². The number of nitrogens with zero attached hydrogens (tertiary/aromatic N) is 4. The number of aromatic nitrogens is 3. The van der Waals surface area contributed by atoms with Crippen molar-refractivity contribution in [2.75, 3.05) is 5.32 Å². The molecule has 0 saturated heterocycles. The van der Waals surface area contributed by atoms with E-state index in [1.54, 1.807) is 6.20 Å². The van der Waals surface area contributed by atoms with Crippen molar-refractivity contribution in [2.45, 2.75) is 19.9 Å². The SMILES string of the molecule is Cc1cnc(C(C)Nc2nccnc2C#N)o1. The van der Waals surface area contributed by atoms with Gasteiger partial charge in [-0.2, -0.15) is 5.26 Å². The quantitative estimate of drug-likeness (QED) is 0.863. The summed E-state index contributed by atoms with van der Waals surface area (Å²) in [5.41, 5.74) is 0.252. The summed E-state index contributed by atoms with van der Waals surface area (Å²) in [4.78, 5) is 12.1. The summed E-state index contributed by atoms with van der Waals surface area (Å²) in [6.45, 7) is 3.70. The number of aryl methyl sites for hydroxylation is 1. The molecule has 0 bridgehead atoms. The van der Waals surface area contributed by atoms with Crippen molar-refractivity contribution in [1.82, 2.24) is 15.0 Å². The van der Waals surface area contributed by atoms with Crippen LogP contribution in [0.4, 0.5) is 5.82 Å². The Balaban J connectivity index is 2.19. The lowest BCUT2D eigenvalue weighted by Crippen LogP contribution is -2.10. The average Bonchev–Trinajstić information content (AvgIpc) is 2.77. The van der Waals surface area contributed by atoms with Crippen LogP contribution in [-0.2, 0) is 0 Å². The van der Waals surface area contributed by atoms with Crippen LogP contribution in [0.3, 0.4) is 0 Å². The van der Waals surface area contributed by atoms with Crippen LogP contribution in [0.15, 0.2) is 23.0 Å². The van der Waals surface area contributed by atoms with Crippen molar-refractivity contribution in [3.8, 4) is 6.07 Å². The third kappa shape index (κ3) is 2.39. The molecular weight excluding hydrogens is 218 g/mol. The molecule has 0 spiro atoms. The average molecular weight is 229 g/mol. The van der Waals surface area contributed by atoms with Crippen molar-refractivity contribution in [2.24, 2.45) is 0 Å². The highest BCUT2D eigenvalue weighted by Gasteiger charge is 2.14. The van der Waals surface area contributed by atoms with Crippen molar-refractivity contribution in [1.29, 1.82) is 5.26 Å². The maximum absolute atomic E-state index is 8.87. The second kappa shape index (κ2) is 4.61. The number of anilines is 1. The predicted octanol–water partition coefficient (Wildman–Crippen LogP) is 1.82. The minimum atomic E-state index is -0.174. The standard InChI is InChI=1S/C11H11N5O/c1-7-6-15-11(17-7)8(2)16-10-9(5-12)13-3-4-14-10/h3-4,6,8H,1-2H3,(H,14,16). The fourth-order valence-corrected chi connectivity index (χ4v) is 1.36. The monoisotopic (exact) mass is 229 g/mol. The minimum absolute atomic E-state index is 0.174. The van der Waals surface area contributed by atoms with Crippen LogP contribution in [-0.4, -0.2) is 15.0 Å². The van der Waals surface area contributed by atoms with Crippen LogP contribution in [0.2, 0.25) is 0 Å². The van der Waals surface area contributed by atoms with Crippen LogP contribution in [0.25, 0.3) is 0 Å². The summed E-state index contributed by atoms with van der Waals surface area (Å²) < 4.78 is 5.39. The van der Waals surface area contributed by atoms with Gasteiger partial charge in [0, 0.05) is 12.4 Å². The molecule has 2 aromatic rings. The van der Waals surface area contributed by atoms with E-state index in [-0.39, 0.29) is 11.7 Å². The van der Waals surface area contributed by atoms with Crippen LogP contribution in [0.5, 0.6) is 0 Å². The fourth-order valence-electron chi connectivity index (χ4n) is 1.36. The molecule has 0 radical (unpaired) electrons. The molecule has 0 aliphatic carbocycles. The van der Waals surface area contributed by atoms with Crippen LogP contribution < -0.4 is 5.32 Å². The third-order valence-corrected chi connectivity index (χ3v) is 2.17. The van der Waals surface area contributed by atoms with Gasteiger partial charge in [-0.3, -0.25) is 0 Å². The molecule has 0 fully saturated rings. The third-order valence-electron chi connectivity index (χ3n) is 2.17. The molecule has 86 valence electrons. The fraction of sp³-hybridized carbons (Fsp3) is 0.273. The molecule has 0 aliphatic rings. The first-order valence-electron chi connectivity index (χ1n) is 5.10. The van der Waals surface area contributed by atoms with Crippen molar-refractivity contribution < 1.29 is 4.42 Å². The first kappa shape index (κ1) is 11.1. The Morgan fingerprint density at radius 2 is 2.12 bits per heavy atom. The zero-order valence-electron chi connectivity index (χ0n) is 9.51. The van der Waals surface area contributed by atoms with E-state index in [4.69, 9.17) is 9.68 Å². The van der Waals surface area contributed by atoms with E-state index in [0.717, 1.165) is 5.76 Å². The highest BCUT2D eigenvalue weighted by molar-refractivity contribution is 5.47. The number of hydrogen-bond donors (Lipinski definition) is 1. The summed E-state index contributed by atoms with van der Waals surface area (Å²) in [7, 11) is 0. The van der Waals surface area contributed by atoms with Gasteiger partial charge in [-0.05, 0) is 13.8 Å². The molecule has 17 heavy (non-hydrogen) atoms. The predicted molar refractivity (Wildman–Crippen MR) is 60.0 cm³/mol. The van der Waals surface area contributed by atoms with Crippen LogP contribution >= 0.6 is 0 Å². The summed E-state index contributed by atoms with van der Waals surface area (Å²) in [5.74, 6) is 1.73. The van der Waals surface area contributed by atoms with Gasteiger partial charge in [0.1, 0.15) is 17.9 Å². The zero-order chi connectivity index (χ0) is 12.3. The summed E-state index contributed by atoms with van der Waals surface area (Å²) in [6.07, 6.45) is 4.65. The highest BCUT2D eigenvalue weighted by Crippen LogP contribution is 2.18. The molecular formula is C11H11N5O. The smallest absolute Gasteiger partial charge is 0.216 e. The van der Waals surface area contributed by atoms with Gasteiger partial charge >= 0.3 is 0 Å². The molecule has 2 rings (SSSR count). The zero-order valence-corrected chi connectivity index (χ0v) is 9.51. The molecule has 1 N–H and O–H groups in total. The molecule has 2 heterocycles. The molecule has 1 unspecified atom stereocenters. The maximum atomic E-state index is 8.87. The van der Waals surface area contributed by atoms with Crippen molar-refractivity contribution >= 4 is 5.82 Å². The molecule has 0 aromatic carbocycles. The van der Waals surface area contributed by atoms with Gasteiger partial charge in [0.25, 0.3) is 0 Å². The second-order valence-corrected chi connectivity index (χ2v) is 3.54. The summed E-state index contributed by atoms with van der Waals surface area (Å²) in [5, 5.41) is 11.9. The lowest BCUT2D eigenvalue weighted by molar-refractivity contribution is 0.453. The lowest BCUT2D eigenvalue weighted by Gasteiger charge is -2.11. The Kier molecular flexibility index (Phi) is 3.01. The number of hydrogen-bond acceptors (Lipinski definition) is 6. The molecule has 0 aliphatic heterocycles. The Hall–Kier alpha value is -2.42. The molecule has 1 atom stereocenters. The summed E-state index contributed by atoms with van der Waals surface area (Å²) >= 11 is 0. The van der Waals surface area contributed by atoms with Crippen molar-refractivity contribution in [3.05, 3.63) is 35.9 Å². The minimum Gasteiger partial charge on any atom is -0.444 e. The Morgan fingerprint density at radius 3 is 2.76 bits per heavy atom. The number of rotatable bonds is 3. The van der Waals surface area contributed by atoms with E-state index < -0.39 is 0 Å². The van der Waals surface area contributed by atoms with E-state index >= 15 is 0 Å². The Labute approximate surface area is 98.3 Å². The largest absolute Gasteiger partial charge is 0.444 e. The van der Waals surface area contributed by atoms with Crippen LogP contribution in [0.1, 0.15) is 30.3 Å². The Bertz CT molecular complexity index is 557. The van der Waals surface area contributed by atoms with Gasteiger partial charge in [-0.1, -0.05) is 0 Å². The van der Waals surface area contributed by atoms with E-state index in [1.165, 1.54) is 12.4 Å². The Morgan fingerprint density at radius 1 is 1.35 bits per heavy atom. The topological polar surface area (TPSA) is 87.6 Å². The first-order valence-corrected chi connectivity index (χ1v) is 5.10. The molecule has 2 aromatic heterocycles. The van der Waals surface area contributed by atoms with Gasteiger partial charge in [-0.25, -0.2) is 15.0 Å². The van der Waals surface area contributed by atoms with Gasteiger partial charge < -0.3 is 9.73 Å². The van der Waals surface area contributed by atoms with E-state index in [1.807, 2.05) is 19.9 Å². The van der Waals surface area contributed by atoms with Crippen molar-refractivity contribution in [3.63, 3.8) is 0 Å². The second-order valence-electron chi connectivity index (χ2n) is 3.54. The van der Waals surface area contributed by atoms with Crippen LogP contribution in [0, 0.1) is 18.3 Å². The number of oxazole rings is 1. The van der Waals surface area contributed by atoms with E-state index in [2.05, 4.69) is 20.3 Å². The van der Waals surface area contributed by atoms with E-state index in [9.17, 15) is 0 Å². The number of nitrogens with one attached hydrogen (secondary N) is 1. The molecule has 0 saturated carbocycles. The van der Waals surface area contributed by atoms with Gasteiger partial charge in [0.2, 0.25) is 5.89 Å². The lowest BCUT2D eigenvalue weighted by atomic mass is 10.3. The van der Waals surface area contributed by atoms with Gasteiger partial charge in [0.05, 0.1) is 6.20 Å².